The number of hydrogen-bond acceptors (Lipinski definition) is 10. The van der Waals surface area contributed by atoms with Crippen molar-refractivity contribution in [3.63, 3.8) is 0 Å². The standard InChI is InChI=1S/C32H34Cl2N6O4/c1-43-31-27(15-39-11-19(12-39)17-41)35-9-25(37-31)23-7-3-5-21(29(23)33)22-6-4-8-24(30(22)34)26-10-36-28(32(38-26)44-2)16-40-13-20(14-40)18-42/h3-10,19-20,41-42H,11-18H2,1-2H3. The largest absolute Gasteiger partial charge is 0.480 e. The van der Waals surface area contributed by atoms with Gasteiger partial charge in [-0.15, -0.1) is 0 Å². The summed E-state index contributed by atoms with van der Waals surface area (Å²) in [6.45, 7) is 4.88. The second kappa shape index (κ2) is 13.3. The van der Waals surface area contributed by atoms with Gasteiger partial charge in [-0.1, -0.05) is 59.6 Å². The van der Waals surface area contributed by atoms with Crippen LogP contribution in [-0.2, 0) is 13.1 Å². The van der Waals surface area contributed by atoms with Gasteiger partial charge in [0.05, 0.1) is 48.0 Å². The van der Waals surface area contributed by atoms with E-state index in [-0.39, 0.29) is 13.2 Å². The Labute approximate surface area is 266 Å². The Morgan fingerprint density at radius 2 is 1.07 bits per heavy atom. The molecule has 0 bridgehead atoms. The first-order valence-electron chi connectivity index (χ1n) is 14.5. The Hall–Kier alpha value is -3.38. The van der Waals surface area contributed by atoms with E-state index < -0.39 is 0 Å². The first kappa shape index (κ1) is 30.6. The van der Waals surface area contributed by atoms with Crippen LogP contribution in [-0.4, -0.2) is 93.6 Å². The fraction of sp³-hybridized carbons (Fsp3) is 0.375. The molecule has 6 rings (SSSR count). The first-order valence-corrected chi connectivity index (χ1v) is 15.2. The predicted octanol–water partition coefficient (Wildman–Crippen LogP) is 4.44. The Kier molecular flexibility index (Phi) is 9.27. The second-order valence-corrected chi connectivity index (χ2v) is 12.0. The van der Waals surface area contributed by atoms with Crippen LogP contribution in [0.3, 0.4) is 0 Å². The average molecular weight is 638 g/mol. The molecule has 0 unspecified atom stereocenters. The van der Waals surface area contributed by atoms with Crippen molar-refractivity contribution >= 4 is 23.2 Å². The van der Waals surface area contributed by atoms with Gasteiger partial charge < -0.3 is 19.7 Å². The Morgan fingerprint density at radius 1 is 0.682 bits per heavy atom. The maximum Gasteiger partial charge on any atom is 0.237 e. The number of ether oxygens (including phenoxy) is 2. The fourth-order valence-electron chi connectivity index (χ4n) is 5.74. The highest BCUT2D eigenvalue weighted by atomic mass is 35.5. The van der Waals surface area contributed by atoms with Gasteiger partial charge in [-0.2, -0.15) is 0 Å². The quantitative estimate of drug-likeness (QED) is 0.245. The van der Waals surface area contributed by atoms with Crippen LogP contribution in [0.2, 0.25) is 10.0 Å². The van der Waals surface area contributed by atoms with Gasteiger partial charge in [-0.05, 0) is 0 Å². The first-order chi connectivity index (χ1) is 21.4. The molecule has 0 radical (unpaired) electrons. The number of halogens is 2. The van der Waals surface area contributed by atoms with Crippen LogP contribution in [0.4, 0.5) is 0 Å². The zero-order valence-corrected chi connectivity index (χ0v) is 26.1. The summed E-state index contributed by atoms with van der Waals surface area (Å²) in [7, 11) is 3.16. The molecule has 4 heterocycles. The van der Waals surface area contributed by atoms with E-state index in [4.69, 9.17) is 42.6 Å². The van der Waals surface area contributed by atoms with Crippen molar-refractivity contribution in [2.75, 3.05) is 53.6 Å². The molecular weight excluding hydrogens is 603 g/mol. The normalized spacial score (nSPS) is 16.0. The topological polar surface area (TPSA) is 117 Å². The molecule has 230 valence electrons. The van der Waals surface area contributed by atoms with E-state index in [0.29, 0.717) is 69.2 Å². The summed E-state index contributed by atoms with van der Waals surface area (Å²) in [6, 6.07) is 11.4. The lowest BCUT2D eigenvalue weighted by Gasteiger charge is -2.37. The van der Waals surface area contributed by atoms with E-state index in [1.807, 2.05) is 36.4 Å². The molecule has 0 aliphatic carbocycles. The predicted molar refractivity (Wildman–Crippen MR) is 169 cm³/mol. The molecule has 2 aromatic carbocycles. The molecule has 12 heteroatoms. The number of rotatable bonds is 11. The van der Waals surface area contributed by atoms with Crippen LogP contribution in [0, 0.1) is 11.8 Å². The molecule has 2 aliphatic rings. The van der Waals surface area contributed by atoms with Crippen LogP contribution in [0.1, 0.15) is 11.4 Å². The van der Waals surface area contributed by atoms with Crippen molar-refractivity contribution in [2.24, 2.45) is 11.8 Å². The van der Waals surface area contributed by atoms with Crippen LogP contribution >= 0.6 is 23.2 Å². The molecular formula is C32H34Cl2N6O4. The SMILES string of the molecule is COc1nc(-c2cccc(-c3cccc(-c4cnc(CN5CC(CO)C5)c(OC)n4)c3Cl)c2Cl)cnc1CN1CC(CO)C1. The zero-order valence-electron chi connectivity index (χ0n) is 24.6. The summed E-state index contributed by atoms with van der Waals surface area (Å²) in [4.78, 5) is 23.2. The van der Waals surface area contributed by atoms with E-state index >= 15 is 0 Å². The van der Waals surface area contributed by atoms with Gasteiger partial charge >= 0.3 is 0 Å². The summed E-state index contributed by atoms with van der Waals surface area (Å²) in [5.74, 6) is 1.50. The van der Waals surface area contributed by atoms with Crippen LogP contribution in [0.25, 0.3) is 33.6 Å². The minimum atomic E-state index is 0.194. The molecule has 0 atom stereocenters. The lowest BCUT2D eigenvalue weighted by Crippen LogP contribution is -2.47. The van der Waals surface area contributed by atoms with Gasteiger partial charge in [0.15, 0.2) is 0 Å². The summed E-state index contributed by atoms with van der Waals surface area (Å²) >= 11 is 14.0. The molecule has 2 saturated heterocycles. The number of methoxy groups -OCH3 is 2. The number of benzene rings is 2. The molecule has 0 spiro atoms. The summed E-state index contributed by atoms with van der Waals surface area (Å²) < 4.78 is 11.2. The lowest BCUT2D eigenvalue weighted by molar-refractivity contribution is 0.0462. The maximum absolute atomic E-state index is 9.32. The van der Waals surface area contributed by atoms with E-state index in [1.165, 1.54) is 0 Å². The minimum absolute atomic E-state index is 0.194. The maximum atomic E-state index is 9.32. The molecule has 2 N–H and O–H groups in total. The number of aliphatic hydroxyl groups is 2. The van der Waals surface area contributed by atoms with Crippen molar-refractivity contribution < 1.29 is 19.7 Å². The number of nitrogens with zero attached hydrogens (tertiary/aromatic N) is 6. The van der Waals surface area contributed by atoms with Gasteiger partial charge in [0.1, 0.15) is 11.4 Å². The zero-order chi connectivity index (χ0) is 30.8. The number of aliphatic hydroxyl groups excluding tert-OH is 2. The molecule has 4 aromatic rings. The molecule has 2 fully saturated rings. The highest BCUT2D eigenvalue weighted by Gasteiger charge is 2.29. The van der Waals surface area contributed by atoms with Crippen molar-refractivity contribution in [3.8, 4) is 45.4 Å². The van der Waals surface area contributed by atoms with Gasteiger partial charge in [-0.3, -0.25) is 19.8 Å². The highest BCUT2D eigenvalue weighted by molar-refractivity contribution is 6.39. The number of likely N-dealkylation sites (tertiary alicyclic amines) is 2. The molecule has 10 nitrogen and oxygen atoms in total. The van der Waals surface area contributed by atoms with E-state index in [9.17, 15) is 10.2 Å². The van der Waals surface area contributed by atoms with Gasteiger partial charge in [0, 0.05) is 86.6 Å². The molecule has 44 heavy (non-hydrogen) atoms. The van der Waals surface area contributed by atoms with E-state index in [0.717, 1.165) is 48.7 Å². The fourth-order valence-corrected chi connectivity index (χ4v) is 6.39. The highest BCUT2D eigenvalue weighted by Crippen LogP contribution is 2.42. The molecule has 0 amide bonds. The van der Waals surface area contributed by atoms with Crippen molar-refractivity contribution in [1.82, 2.24) is 29.7 Å². The third-order valence-electron chi connectivity index (χ3n) is 8.18. The third-order valence-corrected chi connectivity index (χ3v) is 8.99. The Bertz CT molecular complexity index is 1520. The summed E-state index contributed by atoms with van der Waals surface area (Å²) in [5.41, 5.74) is 5.52. The monoisotopic (exact) mass is 636 g/mol. The van der Waals surface area contributed by atoms with Crippen molar-refractivity contribution in [1.29, 1.82) is 0 Å². The summed E-state index contributed by atoms with van der Waals surface area (Å²) in [6.07, 6.45) is 3.41. The van der Waals surface area contributed by atoms with E-state index in [2.05, 4.69) is 19.8 Å². The van der Waals surface area contributed by atoms with Gasteiger partial charge in [-0.25, -0.2) is 9.97 Å². The van der Waals surface area contributed by atoms with Gasteiger partial charge in [0.25, 0.3) is 0 Å². The molecule has 2 aliphatic heterocycles. The Morgan fingerprint density at radius 3 is 1.43 bits per heavy atom. The lowest BCUT2D eigenvalue weighted by atomic mass is 9.98. The molecule has 2 aromatic heterocycles. The third kappa shape index (κ3) is 6.10. The van der Waals surface area contributed by atoms with Crippen LogP contribution < -0.4 is 9.47 Å². The number of aromatic nitrogens is 4. The van der Waals surface area contributed by atoms with E-state index in [1.54, 1.807) is 26.6 Å². The Balaban J connectivity index is 1.27. The second-order valence-electron chi connectivity index (χ2n) is 11.2. The van der Waals surface area contributed by atoms with Gasteiger partial charge in [0.2, 0.25) is 11.8 Å². The molecule has 0 saturated carbocycles. The summed E-state index contributed by atoms with van der Waals surface area (Å²) in [5, 5.41) is 19.6. The van der Waals surface area contributed by atoms with Crippen LogP contribution in [0.5, 0.6) is 11.8 Å². The smallest absolute Gasteiger partial charge is 0.237 e. The number of hydrogen-bond donors (Lipinski definition) is 2. The average Bonchev–Trinajstić information content (AvgIpc) is 3.01. The van der Waals surface area contributed by atoms with Crippen molar-refractivity contribution in [2.45, 2.75) is 13.1 Å². The van der Waals surface area contributed by atoms with Crippen LogP contribution in [0.15, 0.2) is 48.8 Å². The van der Waals surface area contributed by atoms with Crippen molar-refractivity contribution in [3.05, 3.63) is 70.2 Å². The minimum Gasteiger partial charge on any atom is -0.480 e.